The highest BCUT2D eigenvalue weighted by Crippen LogP contribution is 2.44. The van der Waals surface area contributed by atoms with Crippen LogP contribution in [-0.2, 0) is 0 Å². The molecule has 0 radical (unpaired) electrons. The summed E-state index contributed by atoms with van der Waals surface area (Å²) in [6.45, 7) is 0. The summed E-state index contributed by atoms with van der Waals surface area (Å²) in [6, 6.07) is 41.0. The van der Waals surface area contributed by atoms with E-state index < -0.39 is 0 Å². The summed E-state index contributed by atoms with van der Waals surface area (Å²) in [5.41, 5.74) is 7.88. The maximum Gasteiger partial charge on any atom is 0.143 e. The first-order valence-corrected chi connectivity index (χ1v) is 12.6. The van der Waals surface area contributed by atoms with Gasteiger partial charge in [-0.15, -0.1) is 11.3 Å². The fourth-order valence-electron chi connectivity index (χ4n) is 5.46. The monoisotopic (exact) mass is 465 g/mol. The molecule has 3 heteroatoms. The van der Waals surface area contributed by atoms with E-state index in [-0.39, 0.29) is 0 Å². The standard InChI is InChI=1S/C32H19NOS/c1-2-9-21(10-3-1)33-27-15-6-4-12-25(27)32-30(33)26-19-20(17-18-29(26)35-32)22-13-8-14-24-23-11-5-7-16-28(23)34-31(22)24/h1-19H. The zero-order chi connectivity index (χ0) is 22.9. The molecule has 0 saturated heterocycles. The average Bonchev–Trinajstić information content (AvgIpc) is 3.57. The lowest BCUT2D eigenvalue weighted by atomic mass is 10.0. The minimum absolute atomic E-state index is 0.929. The Labute approximate surface area is 205 Å². The van der Waals surface area contributed by atoms with E-state index in [4.69, 9.17) is 4.42 Å². The lowest BCUT2D eigenvalue weighted by Gasteiger charge is -2.08. The van der Waals surface area contributed by atoms with Gasteiger partial charge < -0.3 is 8.98 Å². The van der Waals surface area contributed by atoms with Crippen molar-refractivity contribution in [3.8, 4) is 16.8 Å². The molecule has 2 nitrogen and oxygen atoms in total. The highest BCUT2D eigenvalue weighted by atomic mass is 32.1. The predicted octanol–water partition coefficient (Wildman–Crippen LogP) is 9.56. The quantitative estimate of drug-likeness (QED) is 0.248. The Morgan fingerprint density at radius 1 is 0.600 bits per heavy atom. The number of hydrogen-bond acceptors (Lipinski definition) is 2. The summed E-state index contributed by atoms with van der Waals surface area (Å²) < 4.78 is 11.4. The molecule has 164 valence electrons. The minimum Gasteiger partial charge on any atom is -0.455 e. The van der Waals surface area contributed by atoms with Crippen molar-refractivity contribution < 1.29 is 4.42 Å². The van der Waals surface area contributed by atoms with Gasteiger partial charge in [0.2, 0.25) is 0 Å². The van der Waals surface area contributed by atoms with Crippen LogP contribution < -0.4 is 0 Å². The van der Waals surface area contributed by atoms with E-state index in [0.717, 1.165) is 27.5 Å². The Morgan fingerprint density at radius 2 is 1.37 bits per heavy atom. The van der Waals surface area contributed by atoms with Crippen LogP contribution in [0.25, 0.3) is 70.0 Å². The van der Waals surface area contributed by atoms with Gasteiger partial charge >= 0.3 is 0 Å². The molecule has 0 unspecified atom stereocenters. The van der Waals surface area contributed by atoms with E-state index in [9.17, 15) is 0 Å². The van der Waals surface area contributed by atoms with Crippen molar-refractivity contribution in [2.75, 3.05) is 0 Å². The van der Waals surface area contributed by atoms with Crippen molar-refractivity contribution in [2.24, 2.45) is 0 Å². The van der Waals surface area contributed by atoms with Crippen LogP contribution in [0.5, 0.6) is 0 Å². The van der Waals surface area contributed by atoms with Crippen molar-refractivity contribution in [1.29, 1.82) is 0 Å². The molecule has 0 atom stereocenters. The number of rotatable bonds is 2. The van der Waals surface area contributed by atoms with Gasteiger partial charge in [0, 0.05) is 37.5 Å². The van der Waals surface area contributed by atoms with E-state index in [1.807, 2.05) is 23.5 Å². The van der Waals surface area contributed by atoms with Crippen LogP contribution in [0.2, 0.25) is 0 Å². The molecule has 0 amide bonds. The van der Waals surface area contributed by atoms with Gasteiger partial charge in [0.25, 0.3) is 0 Å². The summed E-state index contributed by atoms with van der Waals surface area (Å²) in [4.78, 5) is 0. The van der Waals surface area contributed by atoms with Crippen molar-refractivity contribution in [1.82, 2.24) is 4.57 Å². The lowest BCUT2D eigenvalue weighted by Crippen LogP contribution is -1.92. The van der Waals surface area contributed by atoms with Crippen LogP contribution >= 0.6 is 11.3 Å². The number of fused-ring (bicyclic) bond motifs is 8. The second-order valence-electron chi connectivity index (χ2n) is 8.96. The first-order valence-electron chi connectivity index (χ1n) is 11.8. The van der Waals surface area contributed by atoms with E-state index in [1.54, 1.807) is 0 Å². The van der Waals surface area contributed by atoms with Crippen LogP contribution in [0.1, 0.15) is 0 Å². The SMILES string of the molecule is c1ccc(-n2c3ccccc3c3sc4ccc(-c5cccc6c5oc5ccccc56)cc4c32)cc1. The molecule has 0 aliphatic rings. The summed E-state index contributed by atoms with van der Waals surface area (Å²) in [6.07, 6.45) is 0. The summed E-state index contributed by atoms with van der Waals surface area (Å²) in [5, 5.41) is 4.89. The highest BCUT2D eigenvalue weighted by molar-refractivity contribution is 7.26. The molecule has 0 aliphatic carbocycles. The molecule has 0 saturated carbocycles. The molecule has 3 heterocycles. The molecule has 0 fully saturated rings. The van der Waals surface area contributed by atoms with Crippen LogP contribution in [0.15, 0.2) is 120 Å². The Bertz CT molecular complexity index is 2060. The van der Waals surface area contributed by atoms with Crippen LogP contribution in [0.4, 0.5) is 0 Å². The summed E-state index contributed by atoms with van der Waals surface area (Å²) >= 11 is 1.87. The molecule has 35 heavy (non-hydrogen) atoms. The highest BCUT2D eigenvalue weighted by Gasteiger charge is 2.19. The molecular weight excluding hydrogens is 446 g/mol. The first-order chi connectivity index (χ1) is 17.4. The molecule has 0 spiro atoms. The Hall–Kier alpha value is -4.34. The number of thiophene rings is 1. The number of hydrogen-bond donors (Lipinski definition) is 0. The molecular formula is C32H19NOS. The topological polar surface area (TPSA) is 18.1 Å². The number of para-hydroxylation sites is 4. The Morgan fingerprint density at radius 3 is 2.29 bits per heavy atom. The van der Waals surface area contributed by atoms with Gasteiger partial charge in [0.15, 0.2) is 0 Å². The first kappa shape index (κ1) is 19.0. The fourth-order valence-corrected chi connectivity index (χ4v) is 6.66. The predicted molar refractivity (Wildman–Crippen MR) is 149 cm³/mol. The van der Waals surface area contributed by atoms with Gasteiger partial charge in [-0.2, -0.15) is 0 Å². The maximum atomic E-state index is 6.36. The Balaban J connectivity index is 1.47. The van der Waals surface area contributed by atoms with E-state index >= 15 is 0 Å². The van der Waals surface area contributed by atoms with Gasteiger partial charge in [-0.05, 0) is 42.0 Å². The molecule has 8 rings (SSSR count). The summed E-state index contributed by atoms with van der Waals surface area (Å²) in [7, 11) is 0. The van der Waals surface area contributed by atoms with Crippen LogP contribution in [0, 0.1) is 0 Å². The van der Waals surface area contributed by atoms with Crippen molar-refractivity contribution in [3.63, 3.8) is 0 Å². The van der Waals surface area contributed by atoms with Crippen molar-refractivity contribution in [2.45, 2.75) is 0 Å². The van der Waals surface area contributed by atoms with Crippen LogP contribution in [-0.4, -0.2) is 4.57 Å². The van der Waals surface area contributed by atoms with E-state index in [2.05, 4.69) is 108 Å². The lowest BCUT2D eigenvalue weighted by molar-refractivity contribution is 0.670. The third-order valence-electron chi connectivity index (χ3n) is 7.00. The van der Waals surface area contributed by atoms with Gasteiger partial charge in [-0.3, -0.25) is 0 Å². The number of nitrogens with zero attached hydrogens (tertiary/aromatic N) is 1. The molecule has 0 aliphatic heterocycles. The molecule has 0 N–H and O–H groups in total. The Kier molecular flexibility index (Phi) is 3.85. The number of furan rings is 1. The molecule has 0 bridgehead atoms. The molecule has 8 aromatic rings. The molecule has 5 aromatic carbocycles. The fraction of sp³-hybridized carbons (Fsp3) is 0. The van der Waals surface area contributed by atoms with Crippen molar-refractivity contribution >= 4 is 64.5 Å². The maximum absolute atomic E-state index is 6.36. The number of aromatic nitrogens is 1. The van der Waals surface area contributed by atoms with Gasteiger partial charge in [0.05, 0.1) is 15.7 Å². The normalized spacial score (nSPS) is 12.0. The zero-order valence-electron chi connectivity index (χ0n) is 18.7. The van der Waals surface area contributed by atoms with E-state index in [0.29, 0.717) is 0 Å². The molecule has 3 aromatic heterocycles. The summed E-state index contributed by atoms with van der Waals surface area (Å²) in [5.74, 6) is 0. The largest absolute Gasteiger partial charge is 0.455 e. The van der Waals surface area contributed by atoms with Gasteiger partial charge in [-0.25, -0.2) is 0 Å². The zero-order valence-corrected chi connectivity index (χ0v) is 19.5. The second kappa shape index (κ2) is 7.08. The average molecular weight is 466 g/mol. The van der Waals surface area contributed by atoms with Crippen molar-refractivity contribution in [3.05, 3.63) is 115 Å². The minimum atomic E-state index is 0.929. The third-order valence-corrected chi connectivity index (χ3v) is 8.20. The van der Waals surface area contributed by atoms with Crippen LogP contribution in [0.3, 0.4) is 0 Å². The second-order valence-corrected chi connectivity index (χ2v) is 10.0. The number of benzene rings is 5. The van der Waals surface area contributed by atoms with Gasteiger partial charge in [0.1, 0.15) is 11.2 Å². The van der Waals surface area contributed by atoms with E-state index in [1.165, 1.54) is 42.5 Å². The third kappa shape index (κ3) is 2.64. The smallest absolute Gasteiger partial charge is 0.143 e. The van der Waals surface area contributed by atoms with Gasteiger partial charge in [-0.1, -0.05) is 78.9 Å².